The van der Waals surface area contributed by atoms with Gasteiger partial charge in [0.25, 0.3) is 0 Å². The lowest BCUT2D eigenvalue weighted by molar-refractivity contribution is 0.634. The lowest BCUT2D eigenvalue weighted by Gasteiger charge is -2.46. The summed E-state index contributed by atoms with van der Waals surface area (Å²) in [5.74, 6) is 0. The van der Waals surface area contributed by atoms with Crippen LogP contribution >= 0.6 is 22.7 Å². The van der Waals surface area contributed by atoms with Gasteiger partial charge in [-0.1, -0.05) is 153 Å². The lowest BCUT2D eigenvalue weighted by Crippen LogP contribution is -2.45. The van der Waals surface area contributed by atoms with Crippen LogP contribution in [0, 0.1) is 0 Å². The van der Waals surface area contributed by atoms with Crippen LogP contribution in [0.3, 0.4) is 0 Å². The van der Waals surface area contributed by atoms with Crippen molar-refractivity contribution in [3.8, 4) is 22.3 Å². The zero-order valence-corrected chi connectivity index (χ0v) is 34.7. The highest BCUT2D eigenvalue weighted by Gasteiger charge is 2.42. The monoisotopic (exact) mass is 799 g/mol. The van der Waals surface area contributed by atoms with Crippen LogP contribution in [0.15, 0.2) is 176 Å². The van der Waals surface area contributed by atoms with E-state index in [1.54, 1.807) is 0 Å². The summed E-state index contributed by atoms with van der Waals surface area (Å²) in [6, 6.07) is 65.3. The van der Waals surface area contributed by atoms with Crippen LogP contribution in [-0.2, 0) is 5.41 Å². The zero-order valence-electron chi connectivity index (χ0n) is 33.1. The highest BCUT2D eigenvalue weighted by Crippen LogP contribution is 2.56. The second kappa shape index (κ2) is 12.7. The number of para-hydroxylation sites is 1. The van der Waals surface area contributed by atoms with E-state index in [-0.39, 0.29) is 5.41 Å². The molecule has 1 N–H and O–H groups in total. The van der Waals surface area contributed by atoms with E-state index in [9.17, 15) is 0 Å². The first kappa shape index (κ1) is 34.2. The van der Waals surface area contributed by atoms with Gasteiger partial charge in [-0.2, -0.15) is 0 Å². The van der Waals surface area contributed by atoms with Gasteiger partial charge in [0.2, 0.25) is 0 Å². The number of fused-ring (bicyclic) bond motifs is 12. The molecule has 0 spiro atoms. The second-order valence-electron chi connectivity index (χ2n) is 16.8. The van der Waals surface area contributed by atoms with E-state index in [0.29, 0.717) is 0 Å². The maximum absolute atomic E-state index is 4.07. The van der Waals surface area contributed by atoms with E-state index >= 15 is 0 Å². The van der Waals surface area contributed by atoms with Gasteiger partial charge in [0.1, 0.15) is 0 Å². The molecule has 60 heavy (non-hydrogen) atoms. The third-order valence-corrected chi connectivity index (χ3v) is 15.5. The molecule has 0 atom stereocenters. The SMILES string of the molecule is CC1(C)c2cc3ccccc3cc2N2c3c(cccc31)[B]c1c(-c3ccc(-c4ccccc4)cc3Nc3cccc4c3sc3ccccc34)cc3c(sc4ccccc43)c12. The molecule has 0 saturated heterocycles. The van der Waals surface area contributed by atoms with E-state index in [2.05, 4.69) is 207 Å². The van der Waals surface area contributed by atoms with Gasteiger partial charge in [-0.15, -0.1) is 22.7 Å². The standard InChI is InChI=1S/C55H36BN2S2/c1-55(2)42-21-13-22-44-51(42)58(47-30-34-17-7-6-16-33(34)28-43(47)55)52-50(56-44)40(31-41-38-19-9-11-25-49(38)60-54(41)52)36-27-26-35(32-14-4-3-5-15-32)29-46(36)57-45-23-12-20-39-37-18-8-10-24-48(37)59-53(39)45/h3-31,57H,1-2H3. The van der Waals surface area contributed by atoms with Gasteiger partial charge in [0.05, 0.1) is 26.5 Å². The second-order valence-corrected chi connectivity index (χ2v) is 18.9. The summed E-state index contributed by atoms with van der Waals surface area (Å²) in [5.41, 5.74) is 15.8. The third kappa shape index (κ3) is 4.88. The van der Waals surface area contributed by atoms with Gasteiger partial charge in [-0.3, -0.25) is 0 Å². The van der Waals surface area contributed by atoms with Gasteiger partial charge in [0.15, 0.2) is 7.28 Å². The fourth-order valence-corrected chi connectivity index (χ4v) is 12.5. The van der Waals surface area contributed by atoms with Crippen molar-refractivity contribution in [1.82, 2.24) is 0 Å². The predicted molar refractivity (Wildman–Crippen MR) is 262 cm³/mol. The molecule has 2 aromatic heterocycles. The molecule has 0 fully saturated rings. The van der Waals surface area contributed by atoms with Crippen LogP contribution in [0.4, 0.5) is 28.4 Å². The van der Waals surface area contributed by atoms with Gasteiger partial charge in [-0.05, 0) is 86.5 Å². The molecule has 2 aliphatic rings. The number of benzene rings is 9. The Morgan fingerprint density at radius 1 is 0.483 bits per heavy atom. The van der Waals surface area contributed by atoms with E-state index in [4.69, 9.17) is 0 Å². The van der Waals surface area contributed by atoms with Crippen LogP contribution in [0.1, 0.15) is 25.0 Å². The van der Waals surface area contributed by atoms with Crippen LogP contribution in [0.2, 0.25) is 0 Å². The Labute approximate surface area is 357 Å². The van der Waals surface area contributed by atoms with Gasteiger partial charge >= 0.3 is 0 Å². The van der Waals surface area contributed by atoms with Gasteiger partial charge in [-0.25, -0.2) is 0 Å². The Kier molecular flexibility index (Phi) is 7.23. The number of nitrogens with zero attached hydrogens (tertiary/aromatic N) is 1. The molecular formula is C55H36BN2S2. The molecule has 2 nitrogen and oxygen atoms in total. The number of hydrogen-bond donors (Lipinski definition) is 1. The Morgan fingerprint density at radius 3 is 1.98 bits per heavy atom. The summed E-state index contributed by atoms with van der Waals surface area (Å²) < 4.78 is 5.19. The molecular weight excluding hydrogens is 764 g/mol. The summed E-state index contributed by atoms with van der Waals surface area (Å²) in [6.45, 7) is 4.80. The molecule has 281 valence electrons. The lowest BCUT2D eigenvalue weighted by atomic mass is 9.55. The summed E-state index contributed by atoms with van der Waals surface area (Å²) in [5, 5.41) is 11.8. The predicted octanol–water partition coefficient (Wildman–Crippen LogP) is 14.7. The molecule has 13 rings (SSSR count). The fourth-order valence-electron chi connectivity index (χ4n) is 10.1. The molecule has 5 heteroatoms. The largest absolute Gasteiger partial charge is 0.354 e. The van der Waals surface area contributed by atoms with Crippen LogP contribution < -0.4 is 21.1 Å². The first-order chi connectivity index (χ1) is 29.5. The third-order valence-electron chi connectivity index (χ3n) is 13.0. The average molecular weight is 800 g/mol. The van der Waals surface area contributed by atoms with Crippen molar-refractivity contribution in [2.45, 2.75) is 19.3 Å². The van der Waals surface area contributed by atoms with E-state index in [1.807, 2.05) is 22.7 Å². The van der Waals surface area contributed by atoms with E-state index in [0.717, 1.165) is 11.4 Å². The van der Waals surface area contributed by atoms with Gasteiger partial charge < -0.3 is 10.2 Å². The molecule has 4 heterocycles. The number of hydrogen-bond acceptors (Lipinski definition) is 4. The minimum Gasteiger partial charge on any atom is -0.354 e. The minimum absolute atomic E-state index is 0.193. The zero-order chi connectivity index (χ0) is 39.7. The summed E-state index contributed by atoms with van der Waals surface area (Å²) in [6.07, 6.45) is 0. The Bertz CT molecular complexity index is 3600. The van der Waals surface area contributed by atoms with Crippen molar-refractivity contribution < 1.29 is 0 Å². The van der Waals surface area contributed by atoms with Crippen LogP contribution in [0.5, 0.6) is 0 Å². The average Bonchev–Trinajstić information content (AvgIpc) is 3.86. The van der Waals surface area contributed by atoms with Gasteiger partial charge in [0, 0.05) is 53.3 Å². The Hall–Kier alpha value is -6.66. The number of anilines is 5. The summed E-state index contributed by atoms with van der Waals surface area (Å²) in [7, 11) is 2.48. The van der Waals surface area contributed by atoms with Crippen molar-refractivity contribution in [2.24, 2.45) is 0 Å². The molecule has 9 aromatic carbocycles. The fraction of sp³-hybridized carbons (Fsp3) is 0.0545. The van der Waals surface area contributed by atoms with Crippen molar-refractivity contribution >= 4 is 120 Å². The molecule has 11 aromatic rings. The highest BCUT2D eigenvalue weighted by atomic mass is 32.1. The maximum Gasteiger partial charge on any atom is 0.197 e. The molecule has 0 unspecified atom stereocenters. The molecule has 1 radical (unpaired) electrons. The normalized spacial score (nSPS) is 13.7. The van der Waals surface area contributed by atoms with Crippen molar-refractivity contribution in [3.05, 3.63) is 187 Å². The first-order valence-electron chi connectivity index (χ1n) is 20.7. The van der Waals surface area contributed by atoms with E-state index in [1.165, 1.54) is 112 Å². The summed E-state index contributed by atoms with van der Waals surface area (Å²) >= 11 is 3.78. The quantitative estimate of drug-likeness (QED) is 0.178. The van der Waals surface area contributed by atoms with Crippen LogP contribution in [-0.4, -0.2) is 7.28 Å². The van der Waals surface area contributed by atoms with E-state index < -0.39 is 0 Å². The molecule has 0 amide bonds. The number of nitrogens with one attached hydrogen (secondary N) is 1. The summed E-state index contributed by atoms with van der Waals surface area (Å²) in [4.78, 5) is 2.64. The molecule has 0 bridgehead atoms. The van der Waals surface area contributed by atoms with Crippen molar-refractivity contribution in [1.29, 1.82) is 0 Å². The smallest absolute Gasteiger partial charge is 0.197 e. The number of rotatable bonds is 4. The van der Waals surface area contributed by atoms with Crippen molar-refractivity contribution in [2.75, 3.05) is 10.2 Å². The Balaban J connectivity index is 1.12. The highest BCUT2D eigenvalue weighted by molar-refractivity contribution is 7.27. The minimum atomic E-state index is -0.193. The van der Waals surface area contributed by atoms with Crippen molar-refractivity contribution in [3.63, 3.8) is 0 Å². The Morgan fingerprint density at radius 2 is 1.17 bits per heavy atom. The molecule has 0 aliphatic carbocycles. The number of thiophene rings is 2. The van der Waals surface area contributed by atoms with Crippen LogP contribution in [0.25, 0.3) is 73.4 Å². The first-order valence-corrected chi connectivity index (χ1v) is 22.3. The topological polar surface area (TPSA) is 15.3 Å². The molecule has 0 saturated carbocycles. The molecule has 2 aliphatic heterocycles. The maximum atomic E-state index is 4.07.